The number of halogens is 2. The maximum absolute atomic E-state index is 14.1. The zero-order chi connectivity index (χ0) is 23.7. The molecule has 176 valence electrons. The molecule has 6 heteroatoms. The highest BCUT2D eigenvalue weighted by Crippen LogP contribution is 2.42. The number of carbonyl (C=O) groups excluding carboxylic acids is 1. The average molecular weight is 463 g/mol. The molecule has 2 aliphatic heterocycles. The highest BCUT2D eigenvalue weighted by molar-refractivity contribution is 5.78. The van der Waals surface area contributed by atoms with Gasteiger partial charge in [0.25, 0.3) is 0 Å². The molecule has 0 saturated carbocycles. The number of carbonyl (C=O) groups is 1. The second kappa shape index (κ2) is 9.18. The van der Waals surface area contributed by atoms with Gasteiger partial charge in [-0.05, 0) is 59.4 Å². The van der Waals surface area contributed by atoms with Gasteiger partial charge in [0.2, 0.25) is 5.91 Å². The van der Waals surface area contributed by atoms with Crippen LogP contribution in [0.1, 0.15) is 36.3 Å². The number of likely N-dealkylation sites (tertiary alicyclic amines) is 1. The molecule has 3 aromatic rings. The minimum Gasteiger partial charge on any atom is -0.497 e. The van der Waals surface area contributed by atoms with Crippen LogP contribution in [0.3, 0.4) is 0 Å². The molecule has 5 rings (SSSR count). The molecule has 4 nitrogen and oxygen atoms in total. The number of hydrogen-bond donors (Lipinski definition) is 1. The molecular formula is C28H28F2N2O2. The molecule has 34 heavy (non-hydrogen) atoms. The molecule has 1 spiro atoms. The van der Waals surface area contributed by atoms with Crippen molar-refractivity contribution in [1.82, 2.24) is 10.2 Å². The van der Waals surface area contributed by atoms with E-state index in [9.17, 15) is 13.6 Å². The van der Waals surface area contributed by atoms with E-state index in [0.717, 1.165) is 47.4 Å². The van der Waals surface area contributed by atoms with Gasteiger partial charge in [0.15, 0.2) is 11.6 Å². The number of amides is 1. The van der Waals surface area contributed by atoms with E-state index in [-0.39, 0.29) is 11.8 Å². The van der Waals surface area contributed by atoms with E-state index in [1.54, 1.807) is 13.2 Å². The average Bonchev–Trinajstić information content (AvgIpc) is 3.17. The number of rotatable bonds is 5. The summed E-state index contributed by atoms with van der Waals surface area (Å²) in [5, 5.41) is 3.22. The largest absolute Gasteiger partial charge is 0.497 e. The van der Waals surface area contributed by atoms with Crippen LogP contribution in [0.5, 0.6) is 5.75 Å². The van der Waals surface area contributed by atoms with Crippen LogP contribution in [0, 0.1) is 11.6 Å². The Morgan fingerprint density at radius 1 is 1.03 bits per heavy atom. The number of hydrogen-bond acceptors (Lipinski definition) is 3. The minimum absolute atomic E-state index is 0.0309. The summed E-state index contributed by atoms with van der Waals surface area (Å²) in [6.45, 7) is 2.07. The van der Waals surface area contributed by atoms with Crippen molar-refractivity contribution in [3.05, 3.63) is 89.5 Å². The summed E-state index contributed by atoms with van der Waals surface area (Å²) >= 11 is 0. The van der Waals surface area contributed by atoms with Crippen molar-refractivity contribution in [2.75, 3.05) is 20.2 Å². The van der Waals surface area contributed by atoms with Crippen molar-refractivity contribution in [2.45, 2.75) is 37.3 Å². The lowest BCUT2D eigenvalue weighted by molar-refractivity contribution is -0.125. The van der Waals surface area contributed by atoms with Crippen LogP contribution < -0.4 is 10.1 Å². The molecule has 0 aromatic heterocycles. The number of benzene rings is 3. The van der Waals surface area contributed by atoms with Gasteiger partial charge >= 0.3 is 0 Å². The van der Waals surface area contributed by atoms with E-state index < -0.39 is 17.2 Å². The van der Waals surface area contributed by atoms with Gasteiger partial charge < -0.3 is 10.1 Å². The van der Waals surface area contributed by atoms with E-state index in [4.69, 9.17) is 4.74 Å². The predicted molar refractivity (Wildman–Crippen MR) is 128 cm³/mol. The molecule has 2 heterocycles. The zero-order valence-electron chi connectivity index (χ0n) is 19.2. The molecule has 2 atom stereocenters. The fraction of sp³-hybridized carbons (Fsp3) is 0.321. The fourth-order valence-electron chi connectivity index (χ4n) is 5.49. The molecule has 0 bridgehead atoms. The van der Waals surface area contributed by atoms with Gasteiger partial charge in [-0.1, -0.05) is 42.5 Å². The Hall–Kier alpha value is -3.25. The van der Waals surface area contributed by atoms with E-state index in [2.05, 4.69) is 40.5 Å². The lowest BCUT2D eigenvalue weighted by Gasteiger charge is -2.39. The molecule has 0 radical (unpaired) electrons. The van der Waals surface area contributed by atoms with Crippen molar-refractivity contribution in [2.24, 2.45) is 0 Å². The van der Waals surface area contributed by atoms with Crippen LogP contribution >= 0.6 is 0 Å². The van der Waals surface area contributed by atoms with Crippen molar-refractivity contribution < 1.29 is 18.3 Å². The van der Waals surface area contributed by atoms with Crippen LogP contribution in [0.15, 0.2) is 66.7 Å². The summed E-state index contributed by atoms with van der Waals surface area (Å²) in [4.78, 5) is 14.6. The molecule has 1 amide bonds. The minimum atomic E-state index is -0.851. The van der Waals surface area contributed by atoms with Gasteiger partial charge in [-0.2, -0.15) is 0 Å². The molecule has 0 aliphatic carbocycles. The summed E-state index contributed by atoms with van der Waals surface area (Å²) in [7, 11) is 1.66. The molecule has 0 unspecified atom stereocenters. The second-order valence-corrected chi connectivity index (χ2v) is 9.38. The van der Waals surface area contributed by atoms with Gasteiger partial charge in [0.05, 0.1) is 12.6 Å². The summed E-state index contributed by atoms with van der Waals surface area (Å²) < 4.78 is 33.0. The maximum atomic E-state index is 14.1. The Morgan fingerprint density at radius 3 is 2.59 bits per heavy atom. The quantitative estimate of drug-likeness (QED) is 0.561. The van der Waals surface area contributed by atoms with E-state index in [1.165, 1.54) is 12.1 Å². The van der Waals surface area contributed by atoms with Crippen LogP contribution in [-0.2, 0) is 11.3 Å². The smallest absolute Gasteiger partial charge is 0.220 e. The number of nitrogens with one attached hydrogen (secondary N) is 1. The highest BCUT2D eigenvalue weighted by Gasteiger charge is 2.49. The van der Waals surface area contributed by atoms with E-state index >= 15 is 0 Å². The van der Waals surface area contributed by atoms with Gasteiger partial charge in [0, 0.05) is 32.0 Å². The second-order valence-electron chi connectivity index (χ2n) is 9.38. The number of ether oxygens (including phenoxy) is 1. The van der Waals surface area contributed by atoms with Gasteiger partial charge in [0.1, 0.15) is 5.75 Å². The third kappa shape index (κ3) is 4.42. The molecule has 2 saturated heterocycles. The lowest BCUT2D eigenvalue weighted by atomic mass is 9.76. The Balaban J connectivity index is 1.37. The number of piperidine rings is 1. The first-order valence-electron chi connectivity index (χ1n) is 11.7. The van der Waals surface area contributed by atoms with Crippen LogP contribution in [-0.4, -0.2) is 36.5 Å². The summed E-state index contributed by atoms with van der Waals surface area (Å²) in [6.07, 6.45) is 2.14. The Morgan fingerprint density at radius 2 is 1.85 bits per heavy atom. The molecule has 3 aromatic carbocycles. The maximum Gasteiger partial charge on any atom is 0.220 e. The fourth-order valence-corrected chi connectivity index (χ4v) is 5.49. The first kappa shape index (κ1) is 22.5. The SMILES string of the molecule is COc1cccc(-c2ccc(CN3C[C@@H](c4ccc(F)c(F)c4)[C@@]4(CCCC(=O)N4)C3)cc2)c1. The van der Waals surface area contributed by atoms with Crippen LogP contribution in [0.2, 0.25) is 0 Å². The summed E-state index contributed by atoms with van der Waals surface area (Å²) in [5.41, 5.74) is 3.64. The molecule has 1 N–H and O–H groups in total. The lowest BCUT2D eigenvalue weighted by Crippen LogP contribution is -2.56. The van der Waals surface area contributed by atoms with Gasteiger partial charge in [-0.25, -0.2) is 8.78 Å². The Labute approximate surface area is 198 Å². The topological polar surface area (TPSA) is 41.6 Å². The first-order chi connectivity index (χ1) is 16.5. The number of methoxy groups -OCH3 is 1. The number of nitrogens with zero attached hydrogens (tertiary/aromatic N) is 1. The van der Waals surface area contributed by atoms with E-state index in [0.29, 0.717) is 19.5 Å². The summed E-state index contributed by atoms with van der Waals surface area (Å²) in [6, 6.07) is 20.5. The van der Waals surface area contributed by atoms with Crippen LogP contribution in [0.25, 0.3) is 11.1 Å². The van der Waals surface area contributed by atoms with Crippen LogP contribution in [0.4, 0.5) is 8.78 Å². The highest BCUT2D eigenvalue weighted by atomic mass is 19.2. The normalized spacial score (nSPS) is 22.7. The predicted octanol–water partition coefficient (Wildman–Crippen LogP) is 5.28. The van der Waals surface area contributed by atoms with Crippen molar-refractivity contribution in [3.8, 4) is 16.9 Å². The molecule has 2 fully saturated rings. The van der Waals surface area contributed by atoms with Crippen molar-refractivity contribution in [3.63, 3.8) is 0 Å². The van der Waals surface area contributed by atoms with Gasteiger partial charge in [-0.3, -0.25) is 9.69 Å². The monoisotopic (exact) mass is 462 g/mol. The first-order valence-corrected chi connectivity index (χ1v) is 11.7. The Bertz CT molecular complexity index is 1200. The van der Waals surface area contributed by atoms with Gasteiger partial charge in [-0.15, -0.1) is 0 Å². The zero-order valence-corrected chi connectivity index (χ0v) is 19.2. The Kier molecular flexibility index (Phi) is 6.09. The molecule has 2 aliphatic rings. The summed E-state index contributed by atoms with van der Waals surface area (Å²) in [5.74, 6) is -0.939. The third-order valence-electron chi connectivity index (χ3n) is 7.14. The standard InChI is InChI=1S/C28H28F2N2O2/c1-34-23-5-2-4-21(14-23)20-9-7-19(8-10-20)16-32-17-24(22-11-12-25(29)26(30)15-22)28(18-32)13-3-6-27(33)31-28/h2,4-5,7-12,14-15,24H,3,6,13,16-18H2,1H3,(H,31,33)/t24-,28+/m0/s1. The van der Waals surface area contributed by atoms with E-state index in [1.807, 2.05) is 18.2 Å². The molecular weight excluding hydrogens is 434 g/mol. The van der Waals surface area contributed by atoms with Crippen molar-refractivity contribution >= 4 is 5.91 Å². The van der Waals surface area contributed by atoms with Crippen molar-refractivity contribution in [1.29, 1.82) is 0 Å². The third-order valence-corrected chi connectivity index (χ3v) is 7.14.